The lowest BCUT2D eigenvalue weighted by atomic mass is 10.1. The molecule has 2 aromatic carbocycles. The highest BCUT2D eigenvalue weighted by Gasteiger charge is 2.07. The molecule has 0 bridgehead atoms. The van der Waals surface area contributed by atoms with Gasteiger partial charge in [-0.25, -0.2) is 0 Å². The van der Waals surface area contributed by atoms with E-state index in [4.69, 9.17) is 9.47 Å². The number of aliphatic hydroxyl groups excluding tert-OH is 1. The van der Waals surface area contributed by atoms with Gasteiger partial charge in [0.25, 0.3) is 0 Å². The zero-order valence-corrected chi connectivity index (χ0v) is 12.9. The number of aliphatic hydroxyl groups is 1. The van der Waals surface area contributed by atoms with Crippen molar-refractivity contribution < 1.29 is 14.6 Å². The summed E-state index contributed by atoms with van der Waals surface area (Å²) in [6, 6.07) is 17.3. The maximum absolute atomic E-state index is 10.0. The van der Waals surface area contributed by atoms with Gasteiger partial charge in [-0.3, -0.25) is 0 Å². The van der Waals surface area contributed by atoms with Gasteiger partial charge in [-0.1, -0.05) is 42.5 Å². The van der Waals surface area contributed by atoms with E-state index in [1.165, 1.54) is 0 Å². The van der Waals surface area contributed by atoms with Gasteiger partial charge in [-0.15, -0.1) is 0 Å². The van der Waals surface area contributed by atoms with Crippen molar-refractivity contribution in [1.82, 2.24) is 0 Å². The minimum atomic E-state index is -0.428. The maximum Gasteiger partial charge on any atom is 0.161 e. The van der Waals surface area contributed by atoms with E-state index in [9.17, 15) is 5.11 Å². The molecule has 0 fully saturated rings. The lowest BCUT2D eigenvalue weighted by Crippen LogP contribution is -2.05. The quantitative estimate of drug-likeness (QED) is 0.757. The molecule has 3 nitrogen and oxygen atoms in total. The Kier molecular flexibility index (Phi) is 6.44. The van der Waals surface area contributed by atoms with E-state index in [1.54, 1.807) is 18.9 Å². The zero-order chi connectivity index (χ0) is 14.9. The van der Waals surface area contributed by atoms with Crippen molar-refractivity contribution in [3.8, 4) is 11.5 Å². The van der Waals surface area contributed by atoms with Crippen LogP contribution in [0.3, 0.4) is 0 Å². The van der Waals surface area contributed by atoms with Crippen LogP contribution in [0, 0.1) is 0 Å². The van der Waals surface area contributed by atoms with Crippen molar-refractivity contribution in [1.29, 1.82) is 0 Å². The van der Waals surface area contributed by atoms with Crippen LogP contribution in [0.4, 0.5) is 0 Å². The number of hydrogen-bond donors (Lipinski definition) is 1. The first-order chi connectivity index (χ1) is 10.3. The first kappa shape index (κ1) is 15.7. The maximum atomic E-state index is 10.0. The second-order valence-corrected chi connectivity index (χ2v) is 5.65. The van der Waals surface area contributed by atoms with Gasteiger partial charge in [0.05, 0.1) is 19.8 Å². The van der Waals surface area contributed by atoms with Gasteiger partial charge in [0.2, 0.25) is 0 Å². The molecule has 0 aromatic heterocycles. The van der Waals surface area contributed by atoms with Gasteiger partial charge >= 0.3 is 0 Å². The molecule has 112 valence electrons. The Hall–Kier alpha value is -1.65. The summed E-state index contributed by atoms with van der Waals surface area (Å²) in [5, 5.41) is 10.0. The summed E-state index contributed by atoms with van der Waals surface area (Å²) in [6.07, 6.45) is -0.428. The molecule has 0 saturated heterocycles. The number of para-hydroxylation sites is 2. The lowest BCUT2D eigenvalue weighted by molar-refractivity contribution is 0.204. The fourth-order valence-corrected chi connectivity index (χ4v) is 2.70. The normalized spacial score (nSPS) is 11.9. The molecule has 0 heterocycles. The second-order valence-electron chi connectivity index (χ2n) is 4.50. The number of thioether (sulfide) groups is 1. The van der Waals surface area contributed by atoms with Crippen molar-refractivity contribution in [3.05, 3.63) is 60.2 Å². The summed E-state index contributed by atoms with van der Waals surface area (Å²) < 4.78 is 10.9. The Morgan fingerprint density at radius 1 is 1.00 bits per heavy atom. The summed E-state index contributed by atoms with van der Waals surface area (Å²) in [5.41, 5.74) is 0.954. The molecule has 0 aliphatic heterocycles. The van der Waals surface area contributed by atoms with Crippen LogP contribution >= 0.6 is 11.8 Å². The minimum absolute atomic E-state index is 0.428. The Bertz CT molecular complexity index is 531. The standard InChI is InChI=1S/C17H20O3S/c1-19-16-9-5-6-10-17(16)20-11-12-21-13-15(18)14-7-3-2-4-8-14/h2-10,15,18H,11-13H2,1H3. The van der Waals surface area contributed by atoms with Crippen LogP contribution in [-0.4, -0.2) is 30.3 Å². The third kappa shape index (κ3) is 4.99. The van der Waals surface area contributed by atoms with Crippen LogP contribution in [0.25, 0.3) is 0 Å². The Morgan fingerprint density at radius 2 is 1.67 bits per heavy atom. The first-order valence-corrected chi connectivity index (χ1v) is 8.03. The highest BCUT2D eigenvalue weighted by molar-refractivity contribution is 7.99. The van der Waals surface area contributed by atoms with Crippen molar-refractivity contribution in [2.75, 3.05) is 25.2 Å². The summed E-state index contributed by atoms with van der Waals surface area (Å²) in [4.78, 5) is 0. The Morgan fingerprint density at radius 3 is 2.38 bits per heavy atom. The molecular formula is C17H20O3S. The predicted molar refractivity (Wildman–Crippen MR) is 87.2 cm³/mol. The Labute approximate surface area is 129 Å². The molecule has 0 aliphatic rings. The summed E-state index contributed by atoms with van der Waals surface area (Å²) >= 11 is 1.67. The van der Waals surface area contributed by atoms with Crippen molar-refractivity contribution in [3.63, 3.8) is 0 Å². The van der Waals surface area contributed by atoms with E-state index in [-0.39, 0.29) is 0 Å². The van der Waals surface area contributed by atoms with E-state index < -0.39 is 6.10 Å². The number of rotatable bonds is 8. The van der Waals surface area contributed by atoms with Crippen LogP contribution in [0.1, 0.15) is 11.7 Å². The van der Waals surface area contributed by atoms with Gasteiger partial charge < -0.3 is 14.6 Å². The first-order valence-electron chi connectivity index (χ1n) is 6.88. The molecule has 1 N–H and O–H groups in total. The van der Waals surface area contributed by atoms with Crippen LogP contribution in [-0.2, 0) is 0 Å². The fourth-order valence-electron chi connectivity index (χ4n) is 1.91. The average molecular weight is 304 g/mol. The molecule has 21 heavy (non-hydrogen) atoms. The second kappa shape index (κ2) is 8.60. The zero-order valence-electron chi connectivity index (χ0n) is 12.1. The minimum Gasteiger partial charge on any atom is -0.493 e. The average Bonchev–Trinajstić information content (AvgIpc) is 2.55. The van der Waals surface area contributed by atoms with Gasteiger partial charge in [0, 0.05) is 11.5 Å². The molecule has 2 rings (SSSR count). The van der Waals surface area contributed by atoms with Crippen molar-refractivity contribution in [2.45, 2.75) is 6.10 Å². The topological polar surface area (TPSA) is 38.7 Å². The van der Waals surface area contributed by atoms with Crippen LogP contribution < -0.4 is 9.47 Å². The SMILES string of the molecule is COc1ccccc1OCCSCC(O)c1ccccc1. The van der Waals surface area contributed by atoms with E-state index in [2.05, 4.69) is 0 Å². The molecule has 1 atom stereocenters. The summed E-state index contributed by atoms with van der Waals surface area (Å²) in [5.74, 6) is 2.98. The molecular weight excluding hydrogens is 284 g/mol. The van der Waals surface area contributed by atoms with Crippen LogP contribution in [0.5, 0.6) is 11.5 Å². The third-order valence-electron chi connectivity index (χ3n) is 3.01. The van der Waals surface area contributed by atoms with Crippen molar-refractivity contribution >= 4 is 11.8 Å². The van der Waals surface area contributed by atoms with Crippen LogP contribution in [0.15, 0.2) is 54.6 Å². The van der Waals surface area contributed by atoms with E-state index in [1.807, 2.05) is 54.6 Å². The molecule has 0 spiro atoms. The summed E-state index contributed by atoms with van der Waals surface area (Å²) in [6.45, 7) is 0.590. The van der Waals surface area contributed by atoms with Gasteiger partial charge in [0.15, 0.2) is 11.5 Å². The monoisotopic (exact) mass is 304 g/mol. The molecule has 1 unspecified atom stereocenters. The largest absolute Gasteiger partial charge is 0.493 e. The van der Waals surface area contributed by atoms with E-state index in [0.717, 1.165) is 22.8 Å². The molecule has 0 amide bonds. The molecule has 0 aliphatic carbocycles. The van der Waals surface area contributed by atoms with E-state index in [0.29, 0.717) is 12.4 Å². The summed E-state index contributed by atoms with van der Waals surface area (Å²) in [7, 11) is 1.63. The number of hydrogen-bond acceptors (Lipinski definition) is 4. The van der Waals surface area contributed by atoms with Gasteiger partial charge in [-0.2, -0.15) is 11.8 Å². The van der Waals surface area contributed by atoms with Gasteiger partial charge in [0.1, 0.15) is 0 Å². The van der Waals surface area contributed by atoms with E-state index >= 15 is 0 Å². The Balaban J connectivity index is 1.68. The predicted octanol–water partition coefficient (Wildman–Crippen LogP) is 3.54. The van der Waals surface area contributed by atoms with Crippen LogP contribution in [0.2, 0.25) is 0 Å². The number of ether oxygens (including phenoxy) is 2. The lowest BCUT2D eigenvalue weighted by Gasteiger charge is -2.12. The molecule has 0 saturated carbocycles. The van der Waals surface area contributed by atoms with Gasteiger partial charge in [-0.05, 0) is 17.7 Å². The number of methoxy groups -OCH3 is 1. The highest BCUT2D eigenvalue weighted by Crippen LogP contribution is 2.26. The highest BCUT2D eigenvalue weighted by atomic mass is 32.2. The third-order valence-corrected chi connectivity index (χ3v) is 4.02. The molecule has 2 aromatic rings. The smallest absolute Gasteiger partial charge is 0.161 e. The molecule has 4 heteroatoms. The number of benzene rings is 2. The fraction of sp³-hybridized carbons (Fsp3) is 0.294. The van der Waals surface area contributed by atoms with Crippen molar-refractivity contribution in [2.24, 2.45) is 0 Å². The molecule has 0 radical (unpaired) electrons.